The Balaban J connectivity index is 2.40. The number of benzene rings is 1. The van der Waals surface area contributed by atoms with Gasteiger partial charge in [0.2, 0.25) is 0 Å². The molecule has 5 heteroatoms. The molecule has 0 atom stereocenters. The first kappa shape index (κ1) is 15.9. The Morgan fingerprint density at radius 3 is 2.67 bits per heavy atom. The topological polar surface area (TPSA) is 26.3 Å². The maximum Gasteiger partial charge on any atom is 0.316 e. The van der Waals surface area contributed by atoms with E-state index in [2.05, 4.69) is 15.9 Å². The first-order valence-electron chi connectivity index (χ1n) is 5.51. The van der Waals surface area contributed by atoms with Crippen molar-refractivity contribution in [3.8, 4) is 0 Å². The summed E-state index contributed by atoms with van der Waals surface area (Å²) in [5.41, 5.74) is 0.598. The van der Waals surface area contributed by atoms with Gasteiger partial charge in [0.05, 0.1) is 5.75 Å². The maximum absolute atomic E-state index is 11.5. The molecule has 0 aliphatic heterocycles. The minimum absolute atomic E-state index is 0.194. The molecule has 1 aromatic rings. The number of carbonyl (C=O) groups is 1. The van der Waals surface area contributed by atoms with Gasteiger partial charge in [0, 0.05) is 15.2 Å². The van der Waals surface area contributed by atoms with E-state index in [1.54, 1.807) is 0 Å². The fourth-order valence-corrected chi connectivity index (χ4v) is 2.87. The van der Waals surface area contributed by atoms with Crippen molar-refractivity contribution in [1.82, 2.24) is 0 Å². The Morgan fingerprint density at radius 2 is 2.11 bits per heavy atom. The second-order valence-electron chi connectivity index (χ2n) is 4.81. The Bertz CT molecular complexity index is 429. The number of hydrogen-bond acceptors (Lipinski definition) is 3. The van der Waals surface area contributed by atoms with Crippen LogP contribution in [0.25, 0.3) is 0 Å². The smallest absolute Gasteiger partial charge is 0.316 e. The van der Waals surface area contributed by atoms with Crippen LogP contribution in [0.2, 0.25) is 5.02 Å². The third-order valence-electron chi connectivity index (χ3n) is 1.91. The second-order valence-corrected chi connectivity index (χ2v) is 7.12. The molecule has 1 rings (SSSR count). The normalized spacial score (nSPS) is 11.4. The molecule has 2 nitrogen and oxygen atoms in total. The van der Waals surface area contributed by atoms with E-state index in [0.29, 0.717) is 16.5 Å². The number of ether oxygens (including phenoxy) is 1. The monoisotopic (exact) mass is 350 g/mol. The van der Waals surface area contributed by atoms with Gasteiger partial charge < -0.3 is 4.74 Å². The lowest BCUT2D eigenvalue weighted by atomic mass is 10.2. The zero-order valence-corrected chi connectivity index (χ0v) is 13.8. The van der Waals surface area contributed by atoms with Crippen LogP contribution in [0.3, 0.4) is 0 Å². The number of hydrogen-bond donors (Lipinski definition) is 0. The van der Waals surface area contributed by atoms with Crippen molar-refractivity contribution in [1.29, 1.82) is 0 Å². The van der Waals surface area contributed by atoms with Gasteiger partial charge in [-0.25, -0.2) is 0 Å². The van der Waals surface area contributed by atoms with Crippen LogP contribution in [0.1, 0.15) is 26.3 Å². The minimum Gasteiger partial charge on any atom is -0.459 e. The molecule has 0 bridgehead atoms. The standard InChI is InChI=1S/C13H16BrClO2S/c1-13(2,3)17-12(16)8-18-7-9-4-5-10(14)6-11(9)15/h4-6H,7-8H2,1-3H3. The average Bonchev–Trinajstić information content (AvgIpc) is 2.18. The van der Waals surface area contributed by atoms with Crippen LogP contribution in [-0.4, -0.2) is 17.3 Å². The van der Waals surface area contributed by atoms with Crippen LogP contribution >= 0.6 is 39.3 Å². The van der Waals surface area contributed by atoms with Gasteiger partial charge in [0.15, 0.2) is 0 Å². The fraction of sp³-hybridized carbons (Fsp3) is 0.462. The van der Waals surface area contributed by atoms with Gasteiger partial charge in [-0.3, -0.25) is 4.79 Å². The molecule has 0 fully saturated rings. The number of thioether (sulfide) groups is 1. The summed E-state index contributed by atoms with van der Waals surface area (Å²) in [6.45, 7) is 5.59. The average molecular weight is 352 g/mol. The summed E-state index contributed by atoms with van der Waals surface area (Å²) < 4.78 is 6.18. The highest BCUT2D eigenvalue weighted by Gasteiger charge is 2.16. The Hall–Kier alpha value is -0.190. The van der Waals surface area contributed by atoms with Crippen LogP contribution in [-0.2, 0) is 15.3 Å². The summed E-state index contributed by atoms with van der Waals surface area (Å²) in [5, 5.41) is 0.709. The van der Waals surface area contributed by atoms with E-state index >= 15 is 0 Å². The molecule has 0 aliphatic carbocycles. The lowest BCUT2D eigenvalue weighted by molar-refractivity contribution is -0.151. The highest BCUT2D eigenvalue weighted by atomic mass is 79.9. The molecule has 0 spiro atoms. The van der Waals surface area contributed by atoms with Gasteiger partial charge >= 0.3 is 5.97 Å². The summed E-state index contributed by atoms with van der Waals surface area (Å²) >= 11 is 10.9. The molecule has 0 heterocycles. The molecule has 100 valence electrons. The van der Waals surface area contributed by atoms with Crippen molar-refractivity contribution in [2.45, 2.75) is 32.1 Å². The lowest BCUT2D eigenvalue weighted by Crippen LogP contribution is -2.24. The molecule has 18 heavy (non-hydrogen) atoms. The molecule has 0 aromatic heterocycles. The van der Waals surface area contributed by atoms with E-state index in [1.807, 2.05) is 39.0 Å². The highest BCUT2D eigenvalue weighted by molar-refractivity contribution is 9.10. The minimum atomic E-state index is -0.424. The molecular formula is C13H16BrClO2S. The summed E-state index contributed by atoms with van der Waals surface area (Å²) in [6.07, 6.45) is 0. The zero-order valence-electron chi connectivity index (χ0n) is 10.6. The number of halogens is 2. The third kappa shape index (κ3) is 6.12. The Labute approximate surface area is 126 Å². The molecule has 1 aromatic carbocycles. The van der Waals surface area contributed by atoms with Crippen molar-refractivity contribution in [2.75, 3.05) is 5.75 Å². The summed E-state index contributed by atoms with van der Waals surface area (Å²) in [5.74, 6) is 0.843. The van der Waals surface area contributed by atoms with Gasteiger partial charge in [-0.1, -0.05) is 33.6 Å². The van der Waals surface area contributed by atoms with Crippen LogP contribution < -0.4 is 0 Å². The molecule has 0 amide bonds. The van der Waals surface area contributed by atoms with E-state index in [-0.39, 0.29) is 5.97 Å². The van der Waals surface area contributed by atoms with Crippen molar-refractivity contribution in [3.05, 3.63) is 33.3 Å². The Kier molecular flexibility index (Phi) is 6.02. The zero-order chi connectivity index (χ0) is 13.8. The van der Waals surface area contributed by atoms with E-state index in [1.165, 1.54) is 11.8 Å². The quantitative estimate of drug-likeness (QED) is 0.737. The van der Waals surface area contributed by atoms with E-state index < -0.39 is 5.60 Å². The first-order chi connectivity index (χ1) is 8.28. The highest BCUT2D eigenvalue weighted by Crippen LogP contribution is 2.25. The molecular weight excluding hydrogens is 336 g/mol. The largest absolute Gasteiger partial charge is 0.459 e. The summed E-state index contributed by atoms with van der Waals surface area (Å²) in [4.78, 5) is 11.5. The van der Waals surface area contributed by atoms with Crippen molar-refractivity contribution < 1.29 is 9.53 Å². The predicted molar refractivity (Wildman–Crippen MR) is 81.2 cm³/mol. The van der Waals surface area contributed by atoms with Crippen molar-refractivity contribution >= 4 is 45.3 Å². The van der Waals surface area contributed by atoms with Crippen LogP contribution in [0.15, 0.2) is 22.7 Å². The SMILES string of the molecule is CC(C)(C)OC(=O)CSCc1ccc(Br)cc1Cl. The first-order valence-corrected chi connectivity index (χ1v) is 7.84. The van der Waals surface area contributed by atoms with Gasteiger partial charge in [0.1, 0.15) is 5.60 Å². The molecule has 0 saturated heterocycles. The van der Waals surface area contributed by atoms with Gasteiger partial charge in [-0.05, 0) is 38.5 Å². The summed E-state index contributed by atoms with van der Waals surface area (Å²) in [6, 6.07) is 5.74. The molecule has 0 saturated carbocycles. The fourth-order valence-electron chi connectivity index (χ4n) is 1.25. The van der Waals surface area contributed by atoms with Gasteiger partial charge in [-0.15, -0.1) is 11.8 Å². The predicted octanol–water partition coefficient (Wildman–Crippen LogP) is 4.68. The molecule has 0 N–H and O–H groups in total. The van der Waals surface area contributed by atoms with Gasteiger partial charge in [0.25, 0.3) is 0 Å². The van der Waals surface area contributed by atoms with E-state index in [4.69, 9.17) is 16.3 Å². The van der Waals surface area contributed by atoms with E-state index in [0.717, 1.165) is 10.0 Å². The van der Waals surface area contributed by atoms with Crippen LogP contribution in [0, 0.1) is 0 Å². The Morgan fingerprint density at radius 1 is 1.44 bits per heavy atom. The molecule has 0 aliphatic rings. The maximum atomic E-state index is 11.5. The molecule has 0 unspecified atom stereocenters. The number of esters is 1. The van der Waals surface area contributed by atoms with E-state index in [9.17, 15) is 4.79 Å². The van der Waals surface area contributed by atoms with Gasteiger partial charge in [-0.2, -0.15) is 0 Å². The number of carbonyl (C=O) groups excluding carboxylic acids is 1. The third-order valence-corrected chi connectivity index (χ3v) is 3.71. The van der Waals surface area contributed by atoms with Crippen molar-refractivity contribution in [3.63, 3.8) is 0 Å². The van der Waals surface area contributed by atoms with Crippen molar-refractivity contribution in [2.24, 2.45) is 0 Å². The molecule has 0 radical (unpaired) electrons. The number of rotatable bonds is 4. The lowest BCUT2D eigenvalue weighted by Gasteiger charge is -2.19. The van der Waals surface area contributed by atoms with Crippen LogP contribution in [0.4, 0.5) is 0 Å². The second kappa shape index (κ2) is 6.83. The summed E-state index contributed by atoms with van der Waals surface area (Å²) in [7, 11) is 0. The van der Waals surface area contributed by atoms with Crippen LogP contribution in [0.5, 0.6) is 0 Å².